The number of hydrogen-bond donors (Lipinski definition) is 1. The summed E-state index contributed by atoms with van der Waals surface area (Å²) in [5.74, 6) is 1.30. The fourth-order valence-electron chi connectivity index (χ4n) is 4.33. The SMILES string of the molecule is CCC1Oc2ccc(NC(=O)Cc3ccc(F)cc3)cc2CN(CCc2ccc(OC)c(OC)c2)C1=O. The Hall–Kier alpha value is -4.07. The van der Waals surface area contributed by atoms with Gasteiger partial charge < -0.3 is 24.4 Å². The van der Waals surface area contributed by atoms with Crippen molar-refractivity contribution in [2.75, 3.05) is 26.1 Å². The molecule has 0 spiro atoms. The van der Waals surface area contributed by atoms with Crippen LogP contribution in [0.5, 0.6) is 17.2 Å². The van der Waals surface area contributed by atoms with E-state index in [1.807, 2.05) is 31.2 Å². The molecule has 1 atom stereocenters. The summed E-state index contributed by atoms with van der Waals surface area (Å²) in [6, 6.07) is 17.0. The Morgan fingerprint density at radius 2 is 1.76 bits per heavy atom. The van der Waals surface area contributed by atoms with Crippen LogP contribution < -0.4 is 19.5 Å². The van der Waals surface area contributed by atoms with Gasteiger partial charge in [-0.15, -0.1) is 0 Å². The molecule has 8 heteroatoms. The second-order valence-electron chi connectivity index (χ2n) is 8.89. The third-order valence-corrected chi connectivity index (χ3v) is 6.33. The number of rotatable bonds is 9. The van der Waals surface area contributed by atoms with Crippen LogP contribution in [0, 0.1) is 5.82 Å². The third-order valence-electron chi connectivity index (χ3n) is 6.33. The summed E-state index contributed by atoms with van der Waals surface area (Å²) in [6.07, 6.45) is 0.722. The molecule has 2 amide bonds. The summed E-state index contributed by atoms with van der Waals surface area (Å²) in [4.78, 5) is 27.6. The molecular weight excluding hydrogens is 475 g/mol. The van der Waals surface area contributed by atoms with Gasteiger partial charge in [0.25, 0.3) is 5.91 Å². The van der Waals surface area contributed by atoms with E-state index in [0.717, 1.165) is 16.7 Å². The van der Waals surface area contributed by atoms with Crippen LogP contribution in [0.3, 0.4) is 0 Å². The summed E-state index contributed by atoms with van der Waals surface area (Å²) in [5.41, 5.74) is 3.16. The molecule has 0 fully saturated rings. The zero-order valence-electron chi connectivity index (χ0n) is 21.3. The van der Waals surface area contributed by atoms with Crippen LogP contribution in [0.4, 0.5) is 10.1 Å². The fourth-order valence-corrected chi connectivity index (χ4v) is 4.33. The Kier molecular flexibility index (Phi) is 8.28. The molecule has 3 aromatic rings. The Bertz CT molecular complexity index is 1260. The molecule has 1 aliphatic heterocycles. The minimum atomic E-state index is -0.578. The molecule has 1 heterocycles. The molecule has 0 aromatic heterocycles. The fraction of sp³-hybridized carbons (Fsp3) is 0.310. The number of hydrogen-bond acceptors (Lipinski definition) is 5. The van der Waals surface area contributed by atoms with Crippen molar-refractivity contribution in [1.82, 2.24) is 4.90 Å². The van der Waals surface area contributed by atoms with Crippen molar-refractivity contribution in [3.8, 4) is 17.2 Å². The van der Waals surface area contributed by atoms with Crippen molar-refractivity contribution < 1.29 is 28.2 Å². The average Bonchev–Trinajstić information content (AvgIpc) is 3.04. The molecule has 37 heavy (non-hydrogen) atoms. The first-order valence-electron chi connectivity index (χ1n) is 12.2. The van der Waals surface area contributed by atoms with Gasteiger partial charge in [0.1, 0.15) is 11.6 Å². The second-order valence-corrected chi connectivity index (χ2v) is 8.89. The standard InChI is InChI=1S/C29H31FN2O5/c1-4-24-29(34)32(14-13-20-7-11-26(35-2)27(15-20)36-3)18-21-17-23(10-12-25(21)37-24)31-28(33)16-19-5-8-22(30)9-6-19/h5-12,15,17,24H,4,13-14,16,18H2,1-3H3,(H,31,33). The van der Waals surface area contributed by atoms with E-state index >= 15 is 0 Å². The van der Waals surface area contributed by atoms with Gasteiger partial charge in [0.15, 0.2) is 17.6 Å². The quantitative estimate of drug-likeness (QED) is 0.453. The monoisotopic (exact) mass is 506 g/mol. The highest BCUT2D eigenvalue weighted by Gasteiger charge is 2.30. The average molecular weight is 507 g/mol. The van der Waals surface area contributed by atoms with Crippen LogP contribution in [0.25, 0.3) is 0 Å². The highest BCUT2D eigenvalue weighted by atomic mass is 19.1. The van der Waals surface area contributed by atoms with Gasteiger partial charge in [-0.3, -0.25) is 9.59 Å². The highest BCUT2D eigenvalue weighted by molar-refractivity contribution is 5.92. The van der Waals surface area contributed by atoms with E-state index in [1.54, 1.807) is 43.4 Å². The summed E-state index contributed by atoms with van der Waals surface area (Å²) in [6.45, 7) is 2.78. The number of carbonyl (C=O) groups excluding carboxylic acids is 2. The molecule has 4 rings (SSSR count). The van der Waals surface area contributed by atoms with Crippen LogP contribution in [0.15, 0.2) is 60.7 Å². The molecule has 0 radical (unpaired) electrons. The van der Waals surface area contributed by atoms with Gasteiger partial charge >= 0.3 is 0 Å². The maximum Gasteiger partial charge on any atom is 0.263 e. The highest BCUT2D eigenvalue weighted by Crippen LogP contribution is 2.31. The minimum Gasteiger partial charge on any atom is -0.493 e. The van der Waals surface area contributed by atoms with E-state index in [0.29, 0.717) is 48.9 Å². The molecule has 1 N–H and O–H groups in total. The van der Waals surface area contributed by atoms with Crippen LogP contribution in [-0.4, -0.2) is 43.6 Å². The van der Waals surface area contributed by atoms with E-state index in [9.17, 15) is 14.0 Å². The van der Waals surface area contributed by atoms with Gasteiger partial charge in [0.2, 0.25) is 5.91 Å². The minimum absolute atomic E-state index is 0.0685. The second kappa shape index (κ2) is 11.8. The number of methoxy groups -OCH3 is 2. The molecular formula is C29H31FN2O5. The van der Waals surface area contributed by atoms with Crippen LogP contribution in [0.2, 0.25) is 0 Å². The molecule has 0 aliphatic carbocycles. The van der Waals surface area contributed by atoms with Gasteiger partial charge in [-0.2, -0.15) is 0 Å². The lowest BCUT2D eigenvalue weighted by atomic mass is 10.1. The number of benzene rings is 3. The Morgan fingerprint density at radius 1 is 1.03 bits per heavy atom. The van der Waals surface area contributed by atoms with E-state index in [1.165, 1.54) is 12.1 Å². The van der Waals surface area contributed by atoms with Crippen LogP contribution in [-0.2, 0) is 29.0 Å². The van der Waals surface area contributed by atoms with Gasteiger partial charge in [-0.1, -0.05) is 25.1 Å². The topological polar surface area (TPSA) is 77.1 Å². The third kappa shape index (κ3) is 6.39. The smallest absolute Gasteiger partial charge is 0.263 e. The molecule has 0 bridgehead atoms. The zero-order chi connectivity index (χ0) is 26.4. The summed E-state index contributed by atoms with van der Waals surface area (Å²) in [5, 5.41) is 2.89. The predicted octanol–water partition coefficient (Wildman–Crippen LogP) is 4.77. The Labute approximate surface area is 216 Å². The van der Waals surface area contributed by atoms with Crippen molar-refractivity contribution in [2.24, 2.45) is 0 Å². The van der Waals surface area contributed by atoms with E-state index in [4.69, 9.17) is 14.2 Å². The van der Waals surface area contributed by atoms with Crippen molar-refractivity contribution >= 4 is 17.5 Å². The normalized spacial score (nSPS) is 14.9. The number of amides is 2. The molecule has 0 saturated carbocycles. The number of ether oxygens (including phenoxy) is 3. The molecule has 0 saturated heterocycles. The van der Waals surface area contributed by atoms with Crippen molar-refractivity contribution in [1.29, 1.82) is 0 Å². The lowest BCUT2D eigenvalue weighted by Crippen LogP contribution is -2.40. The molecule has 1 unspecified atom stereocenters. The van der Waals surface area contributed by atoms with Crippen molar-refractivity contribution in [3.05, 3.63) is 83.2 Å². The lowest BCUT2D eigenvalue weighted by Gasteiger charge is -2.23. The Morgan fingerprint density at radius 3 is 2.46 bits per heavy atom. The first-order valence-corrected chi connectivity index (χ1v) is 12.2. The zero-order valence-corrected chi connectivity index (χ0v) is 21.3. The number of halogens is 1. The van der Waals surface area contributed by atoms with Gasteiger partial charge in [-0.05, 0) is 66.4 Å². The molecule has 194 valence electrons. The number of carbonyl (C=O) groups is 2. The van der Waals surface area contributed by atoms with Gasteiger partial charge in [-0.25, -0.2) is 4.39 Å². The summed E-state index contributed by atoms with van der Waals surface area (Å²) in [7, 11) is 3.19. The lowest BCUT2D eigenvalue weighted by molar-refractivity contribution is -0.138. The van der Waals surface area contributed by atoms with E-state index in [2.05, 4.69) is 5.32 Å². The maximum atomic E-state index is 13.2. The van der Waals surface area contributed by atoms with E-state index < -0.39 is 6.10 Å². The summed E-state index contributed by atoms with van der Waals surface area (Å²) >= 11 is 0. The maximum absolute atomic E-state index is 13.2. The molecule has 3 aromatic carbocycles. The van der Waals surface area contributed by atoms with Gasteiger partial charge in [0, 0.05) is 24.3 Å². The van der Waals surface area contributed by atoms with E-state index in [-0.39, 0.29) is 24.1 Å². The van der Waals surface area contributed by atoms with Crippen molar-refractivity contribution in [3.63, 3.8) is 0 Å². The number of fused-ring (bicyclic) bond motifs is 1. The largest absolute Gasteiger partial charge is 0.493 e. The van der Waals surface area contributed by atoms with Gasteiger partial charge in [0.05, 0.1) is 20.6 Å². The number of nitrogens with one attached hydrogen (secondary N) is 1. The first-order chi connectivity index (χ1) is 17.9. The van der Waals surface area contributed by atoms with Crippen molar-refractivity contribution in [2.45, 2.75) is 38.8 Å². The number of anilines is 1. The summed E-state index contributed by atoms with van der Waals surface area (Å²) < 4.78 is 29.9. The van der Waals surface area contributed by atoms with Crippen LogP contribution >= 0.6 is 0 Å². The molecule has 7 nitrogen and oxygen atoms in total. The van der Waals surface area contributed by atoms with Crippen LogP contribution in [0.1, 0.15) is 30.0 Å². The number of nitrogens with zero attached hydrogens (tertiary/aromatic N) is 1. The molecule has 1 aliphatic rings. The predicted molar refractivity (Wildman–Crippen MR) is 139 cm³/mol. The Balaban J connectivity index is 1.48. The first kappa shape index (κ1) is 26.0.